The van der Waals surface area contributed by atoms with Crippen molar-refractivity contribution >= 4 is 23.2 Å². The maximum atomic E-state index is 13.3. The summed E-state index contributed by atoms with van der Waals surface area (Å²) in [5.41, 5.74) is 7.48. The van der Waals surface area contributed by atoms with Gasteiger partial charge in [0.05, 0.1) is 17.5 Å². The van der Waals surface area contributed by atoms with Gasteiger partial charge in [-0.3, -0.25) is 9.69 Å². The maximum absolute atomic E-state index is 13.3. The van der Waals surface area contributed by atoms with Gasteiger partial charge in [0.2, 0.25) is 5.91 Å². The number of methoxy groups -OCH3 is 1. The number of ether oxygens (including phenoxy) is 1. The fourth-order valence-electron chi connectivity index (χ4n) is 6.22. The first kappa shape index (κ1) is 27.0. The van der Waals surface area contributed by atoms with Gasteiger partial charge < -0.3 is 14.0 Å². The Morgan fingerprint density at radius 3 is 2.48 bits per heavy atom. The summed E-state index contributed by atoms with van der Waals surface area (Å²) in [4.78, 5) is 22.9. The first-order valence-corrected chi connectivity index (χ1v) is 14.7. The maximum Gasteiger partial charge on any atom is 0.225 e. The number of hydrogen-bond donors (Lipinski definition) is 0. The molecule has 3 heterocycles. The van der Waals surface area contributed by atoms with E-state index in [4.69, 9.17) is 21.3 Å². The van der Waals surface area contributed by atoms with Gasteiger partial charge in [0.15, 0.2) is 0 Å². The van der Waals surface area contributed by atoms with Gasteiger partial charge in [-0.1, -0.05) is 66.0 Å². The molecule has 1 saturated heterocycles. The average Bonchev–Trinajstić information content (AvgIpc) is 3.35. The summed E-state index contributed by atoms with van der Waals surface area (Å²) in [5.74, 6) is 0.404. The quantitative estimate of drug-likeness (QED) is 0.273. The number of imidazole rings is 1. The first-order chi connectivity index (χ1) is 19.5. The van der Waals surface area contributed by atoms with Crippen LogP contribution in [0.2, 0.25) is 5.02 Å². The van der Waals surface area contributed by atoms with E-state index < -0.39 is 0 Å². The largest absolute Gasteiger partial charge is 0.381 e. The molecule has 2 fully saturated rings. The SMILES string of the molecule is COC1CCCC(C(=O)N2CCN(Cc3c(-c4ccc(C)cc4)nc4ccc(-c5ccccc5Cl)cn34)CC2)C1. The van der Waals surface area contributed by atoms with E-state index in [0.29, 0.717) is 5.91 Å². The van der Waals surface area contributed by atoms with Crippen LogP contribution in [0.15, 0.2) is 66.9 Å². The third-order valence-electron chi connectivity index (χ3n) is 8.59. The number of aromatic nitrogens is 2. The number of hydrogen-bond acceptors (Lipinski definition) is 4. The average molecular weight is 557 g/mol. The van der Waals surface area contributed by atoms with E-state index in [1.54, 1.807) is 7.11 Å². The number of amides is 1. The van der Waals surface area contributed by atoms with Gasteiger partial charge >= 0.3 is 0 Å². The fourth-order valence-corrected chi connectivity index (χ4v) is 6.47. The molecule has 2 aliphatic rings. The van der Waals surface area contributed by atoms with Crippen molar-refractivity contribution in [2.75, 3.05) is 33.3 Å². The van der Waals surface area contributed by atoms with Crippen LogP contribution in [0.5, 0.6) is 0 Å². The van der Waals surface area contributed by atoms with Crippen molar-refractivity contribution in [1.82, 2.24) is 19.2 Å². The summed E-state index contributed by atoms with van der Waals surface area (Å²) in [6, 6.07) is 20.7. The molecule has 2 aromatic carbocycles. The second kappa shape index (κ2) is 11.7. The van der Waals surface area contributed by atoms with E-state index in [1.807, 2.05) is 18.2 Å². The number of aryl methyl sites for hydroxylation is 1. The normalized spacial score (nSPS) is 20.2. The molecule has 40 heavy (non-hydrogen) atoms. The second-order valence-corrected chi connectivity index (χ2v) is 11.6. The number of piperazine rings is 1. The van der Waals surface area contributed by atoms with Gasteiger partial charge in [-0.15, -0.1) is 0 Å². The molecule has 0 radical (unpaired) electrons. The van der Waals surface area contributed by atoms with Crippen LogP contribution in [-0.2, 0) is 16.1 Å². The lowest BCUT2D eigenvalue weighted by Gasteiger charge is -2.38. The van der Waals surface area contributed by atoms with Crippen LogP contribution < -0.4 is 0 Å². The predicted octanol–water partition coefficient (Wildman–Crippen LogP) is 6.48. The van der Waals surface area contributed by atoms with Crippen molar-refractivity contribution < 1.29 is 9.53 Å². The van der Waals surface area contributed by atoms with Gasteiger partial charge in [0.25, 0.3) is 0 Å². The van der Waals surface area contributed by atoms with Crippen LogP contribution in [0.3, 0.4) is 0 Å². The zero-order valence-electron chi connectivity index (χ0n) is 23.4. The van der Waals surface area contributed by atoms with Crippen molar-refractivity contribution in [3.8, 4) is 22.4 Å². The Bertz CT molecular complexity index is 1490. The Balaban J connectivity index is 1.26. The van der Waals surface area contributed by atoms with E-state index >= 15 is 0 Å². The highest BCUT2D eigenvalue weighted by Crippen LogP contribution is 2.32. The minimum absolute atomic E-state index is 0.0976. The molecule has 2 atom stereocenters. The monoisotopic (exact) mass is 556 g/mol. The molecule has 0 N–H and O–H groups in total. The molecule has 0 spiro atoms. The minimum Gasteiger partial charge on any atom is -0.381 e. The molecule has 6 rings (SSSR count). The van der Waals surface area contributed by atoms with Crippen LogP contribution >= 0.6 is 11.6 Å². The van der Waals surface area contributed by atoms with Crippen LogP contribution in [0.1, 0.15) is 36.9 Å². The van der Waals surface area contributed by atoms with E-state index in [2.05, 4.69) is 69.8 Å². The Labute approximate surface area is 241 Å². The highest BCUT2D eigenvalue weighted by molar-refractivity contribution is 6.33. The second-order valence-electron chi connectivity index (χ2n) is 11.2. The van der Waals surface area contributed by atoms with E-state index in [-0.39, 0.29) is 12.0 Å². The van der Waals surface area contributed by atoms with Gasteiger partial charge in [-0.25, -0.2) is 4.98 Å². The molecule has 7 heteroatoms. The molecule has 2 unspecified atom stereocenters. The highest BCUT2D eigenvalue weighted by atomic mass is 35.5. The number of pyridine rings is 1. The zero-order valence-corrected chi connectivity index (χ0v) is 24.1. The fraction of sp³-hybridized carbons (Fsp3) is 0.394. The molecule has 208 valence electrons. The molecule has 1 amide bonds. The lowest BCUT2D eigenvalue weighted by Crippen LogP contribution is -2.50. The summed E-state index contributed by atoms with van der Waals surface area (Å²) in [7, 11) is 1.76. The third-order valence-corrected chi connectivity index (χ3v) is 8.92. The van der Waals surface area contributed by atoms with Crippen LogP contribution in [-0.4, -0.2) is 64.5 Å². The van der Waals surface area contributed by atoms with Crippen molar-refractivity contribution in [2.45, 2.75) is 45.3 Å². The Kier molecular flexibility index (Phi) is 7.92. The number of carbonyl (C=O) groups excluding carboxylic acids is 1. The van der Waals surface area contributed by atoms with Crippen molar-refractivity contribution in [3.05, 3.63) is 83.1 Å². The number of halogens is 1. The van der Waals surface area contributed by atoms with Crippen molar-refractivity contribution in [2.24, 2.45) is 5.92 Å². The van der Waals surface area contributed by atoms with E-state index in [9.17, 15) is 4.79 Å². The minimum atomic E-state index is 0.0976. The van der Waals surface area contributed by atoms with Gasteiger partial charge in [-0.2, -0.15) is 0 Å². The molecule has 0 bridgehead atoms. The summed E-state index contributed by atoms with van der Waals surface area (Å²) >= 11 is 6.56. The molecule has 6 nitrogen and oxygen atoms in total. The summed E-state index contributed by atoms with van der Waals surface area (Å²) in [6.45, 7) is 6.07. The van der Waals surface area contributed by atoms with Crippen LogP contribution in [0.4, 0.5) is 0 Å². The number of fused-ring (bicyclic) bond motifs is 1. The highest BCUT2D eigenvalue weighted by Gasteiger charge is 2.32. The summed E-state index contributed by atoms with van der Waals surface area (Å²) < 4.78 is 7.79. The standard InChI is InChI=1S/C33H37ClN4O2/c1-23-10-12-24(13-11-23)32-30(38-21-26(14-15-31(38)35-32)28-8-3-4-9-29(28)34)22-36-16-18-37(19-17-36)33(39)25-6-5-7-27(20-25)40-2/h3-4,8-15,21,25,27H,5-7,16-20,22H2,1-2H3. The molecule has 1 aliphatic heterocycles. The molecular weight excluding hydrogens is 520 g/mol. The summed E-state index contributed by atoms with van der Waals surface area (Å²) in [5, 5.41) is 0.734. The molecular formula is C33H37ClN4O2. The Morgan fingerprint density at radius 2 is 1.73 bits per heavy atom. The topological polar surface area (TPSA) is 50.1 Å². The number of nitrogens with zero attached hydrogens (tertiary/aromatic N) is 4. The van der Waals surface area contributed by atoms with E-state index in [1.165, 1.54) is 5.56 Å². The predicted molar refractivity (Wildman–Crippen MR) is 160 cm³/mol. The number of carbonyl (C=O) groups is 1. The lowest BCUT2D eigenvalue weighted by atomic mass is 9.86. The Morgan fingerprint density at radius 1 is 0.975 bits per heavy atom. The lowest BCUT2D eigenvalue weighted by molar-refractivity contribution is -0.140. The Hall–Kier alpha value is -3.19. The third kappa shape index (κ3) is 5.53. The first-order valence-electron chi connectivity index (χ1n) is 14.4. The number of benzene rings is 2. The molecule has 4 aromatic rings. The van der Waals surface area contributed by atoms with E-state index in [0.717, 1.165) is 97.2 Å². The van der Waals surface area contributed by atoms with Crippen molar-refractivity contribution in [3.63, 3.8) is 0 Å². The zero-order chi connectivity index (χ0) is 27.6. The molecule has 1 aliphatic carbocycles. The van der Waals surface area contributed by atoms with Crippen LogP contribution in [0.25, 0.3) is 28.0 Å². The number of rotatable bonds is 6. The smallest absolute Gasteiger partial charge is 0.225 e. The van der Waals surface area contributed by atoms with Gasteiger partial charge in [0, 0.05) is 68.1 Å². The molecule has 1 saturated carbocycles. The summed E-state index contributed by atoms with van der Waals surface area (Å²) in [6.07, 6.45) is 6.34. The van der Waals surface area contributed by atoms with Gasteiger partial charge in [-0.05, 0) is 49.9 Å². The van der Waals surface area contributed by atoms with Crippen LogP contribution in [0, 0.1) is 12.8 Å². The van der Waals surface area contributed by atoms with Gasteiger partial charge in [0.1, 0.15) is 5.65 Å². The van der Waals surface area contributed by atoms with Crippen molar-refractivity contribution in [1.29, 1.82) is 0 Å². The molecule has 2 aromatic heterocycles.